The third kappa shape index (κ3) is 3.25. The van der Waals surface area contributed by atoms with E-state index in [1.807, 2.05) is 66.7 Å². The van der Waals surface area contributed by atoms with Gasteiger partial charge in [-0.25, -0.2) is 0 Å². The van der Waals surface area contributed by atoms with E-state index in [4.69, 9.17) is 9.47 Å². The Balaban J connectivity index is 1.10. The average molecular weight is 425 g/mol. The third-order valence-electron chi connectivity index (χ3n) is 7.10. The summed E-state index contributed by atoms with van der Waals surface area (Å²) in [7, 11) is 0. The molecule has 160 valence electrons. The number of hydrogen-bond acceptors (Lipinski definition) is 4. The van der Waals surface area contributed by atoms with Crippen molar-refractivity contribution in [3.63, 3.8) is 0 Å². The lowest BCUT2D eigenvalue weighted by atomic mass is 9.79. The van der Waals surface area contributed by atoms with Crippen LogP contribution in [-0.4, -0.2) is 18.0 Å². The van der Waals surface area contributed by atoms with Gasteiger partial charge in [0.15, 0.2) is 0 Å². The maximum absolute atomic E-state index is 12.9. The molecule has 5 nitrogen and oxygen atoms in total. The van der Waals surface area contributed by atoms with Crippen LogP contribution in [0.2, 0.25) is 0 Å². The number of nitrogens with one attached hydrogen (secondary N) is 1. The molecule has 1 amide bonds. The number of fused-ring (bicyclic) bond motifs is 1. The van der Waals surface area contributed by atoms with Crippen LogP contribution in [-0.2, 0) is 14.3 Å². The Kier molecular flexibility index (Phi) is 4.49. The SMILES string of the molecule is O=C(Nc1ccc(Oc2ccc(-c3ccccc3)cc2)cc1)[C@@H]1[C@H]2C[C@@H]3[C@@H]1C(=O)O[C@@H]3C2. The highest BCUT2D eigenvalue weighted by atomic mass is 16.6. The Hall–Kier alpha value is -3.60. The zero-order chi connectivity index (χ0) is 21.7. The molecule has 0 spiro atoms. The van der Waals surface area contributed by atoms with Gasteiger partial charge in [-0.05, 0) is 66.3 Å². The standard InChI is InChI=1S/C27H23NO4/c29-26(24-18-14-22-23(15-18)32-27(30)25(22)24)28-19-8-12-21(13-9-19)31-20-10-6-17(7-11-20)16-4-2-1-3-5-16/h1-13,18,22-25H,14-15H2,(H,28,29)/t18-,22-,23+,24+,25-/m0/s1. The molecule has 1 aliphatic heterocycles. The first kappa shape index (κ1) is 19.1. The van der Waals surface area contributed by atoms with Gasteiger partial charge in [-0.2, -0.15) is 0 Å². The molecular formula is C27H23NO4. The molecule has 3 aromatic rings. The summed E-state index contributed by atoms with van der Waals surface area (Å²) in [6.45, 7) is 0. The number of rotatable bonds is 5. The maximum Gasteiger partial charge on any atom is 0.310 e. The Morgan fingerprint density at radius 2 is 1.50 bits per heavy atom. The van der Waals surface area contributed by atoms with Crippen LogP contribution < -0.4 is 10.1 Å². The summed E-state index contributed by atoms with van der Waals surface area (Å²) in [5.41, 5.74) is 3.00. The lowest BCUT2D eigenvalue weighted by Gasteiger charge is -2.23. The van der Waals surface area contributed by atoms with Gasteiger partial charge in [-0.15, -0.1) is 0 Å². The predicted octanol–water partition coefficient (Wildman–Crippen LogP) is 5.28. The van der Waals surface area contributed by atoms with Gasteiger partial charge >= 0.3 is 5.97 Å². The third-order valence-corrected chi connectivity index (χ3v) is 7.10. The topological polar surface area (TPSA) is 64.6 Å². The molecule has 2 saturated carbocycles. The molecule has 1 heterocycles. The summed E-state index contributed by atoms with van der Waals surface area (Å²) in [4.78, 5) is 25.1. The summed E-state index contributed by atoms with van der Waals surface area (Å²) in [6, 6.07) is 25.5. The van der Waals surface area contributed by atoms with E-state index in [1.54, 1.807) is 0 Å². The zero-order valence-electron chi connectivity index (χ0n) is 17.4. The average Bonchev–Trinajstić information content (AvgIpc) is 3.45. The van der Waals surface area contributed by atoms with E-state index in [-0.39, 0.29) is 41.7 Å². The first-order chi connectivity index (χ1) is 15.7. The van der Waals surface area contributed by atoms with Crippen molar-refractivity contribution in [3.8, 4) is 22.6 Å². The lowest BCUT2D eigenvalue weighted by Crippen LogP contribution is -2.35. The first-order valence-corrected chi connectivity index (χ1v) is 11.1. The van der Waals surface area contributed by atoms with Gasteiger partial charge in [0.2, 0.25) is 5.91 Å². The fraction of sp³-hybridized carbons (Fsp3) is 0.259. The molecular weight excluding hydrogens is 402 g/mol. The Labute approximate surface area is 186 Å². The molecule has 0 aromatic heterocycles. The van der Waals surface area contributed by atoms with E-state index >= 15 is 0 Å². The van der Waals surface area contributed by atoms with E-state index in [1.165, 1.54) is 0 Å². The second kappa shape index (κ2) is 7.52. The van der Waals surface area contributed by atoms with Crippen LogP contribution in [0, 0.1) is 23.7 Å². The number of anilines is 1. The highest BCUT2D eigenvalue weighted by Gasteiger charge is 2.63. The summed E-state index contributed by atoms with van der Waals surface area (Å²) >= 11 is 0. The number of hydrogen-bond donors (Lipinski definition) is 1. The first-order valence-electron chi connectivity index (χ1n) is 11.1. The van der Waals surface area contributed by atoms with Crippen molar-refractivity contribution in [2.24, 2.45) is 23.7 Å². The summed E-state index contributed by atoms with van der Waals surface area (Å²) in [5.74, 6) is 1.11. The second-order valence-electron chi connectivity index (χ2n) is 8.93. The van der Waals surface area contributed by atoms with Crippen molar-refractivity contribution >= 4 is 17.6 Å². The largest absolute Gasteiger partial charge is 0.462 e. The van der Waals surface area contributed by atoms with Crippen LogP contribution in [0.3, 0.4) is 0 Å². The highest BCUT2D eigenvalue weighted by molar-refractivity contribution is 5.97. The number of benzene rings is 3. The molecule has 3 aliphatic rings. The molecule has 2 bridgehead atoms. The molecule has 6 rings (SSSR count). The minimum Gasteiger partial charge on any atom is -0.462 e. The van der Waals surface area contributed by atoms with E-state index in [2.05, 4.69) is 17.4 Å². The Morgan fingerprint density at radius 1 is 0.844 bits per heavy atom. The van der Waals surface area contributed by atoms with Crippen molar-refractivity contribution in [1.29, 1.82) is 0 Å². The van der Waals surface area contributed by atoms with Crippen LogP contribution in [0.5, 0.6) is 11.5 Å². The van der Waals surface area contributed by atoms with Gasteiger partial charge in [0.25, 0.3) is 0 Å². The number of carbonyl (C=O) groups is 2. The van der Waals surface area contributed by atoms with Crippen molar-refractivity contribution in [3.05, 3.63) is 78.9 Å². The summed E-state index contributed by atoms with van der Waals surface area (Å²) in [6.07, 6.45) is 1.79. The smallest absolute Gasteiger partial charge is 0.310 e. The van der Waals surface area contributed by atoms with Gasteiger partial charge in [0.1, 0.15) is 17.6 Å². The molecule has 1 N–H and O–H groups in total. The van der Waals surface area contributed by atoms with Crippen molar-refractivity contribution in [2.75, 3.05) is 5.32 Å². The van der Waals surface area contributed by atoms with Crippen LogP contribution in [0.15, 0.2) is 78.9 Å². The van der Waals surface area contributed by atoms with Crippen LogP contribution >= 0.6 is 0 Å². The van der Waals surface area contributed by atoms with Crippen molar-refractivity contribution < 1.29 is 19.1 Å². The normalized spacial score (nSPS) is 27.2. The van der Waals surface area contributed by atoms with Crippen LogP contribution in [0.25, 0.3) is 11.1 Å². The second-order valence-corrected chi connectivity index (χ2v) is 8.93. The Bertz CT molecular complexity index is 1150. The molecule has 5 heteroatoms. The Morgan fingerprint density at radius 3 is 2.22 bits per heavy atom. The molecule has 5 atom stereocenters. The van der Waals surface area contributed by atoms with Gasteiger partial charge in [0, 0.05) is 11.6 Å². The fourth-order valence-electron chi connectivity index (χ4n) is 5.68. The molecule has 3 aromatic carbocycles. The molecule has 2 aliphatic carbocycles. The van der Waals surface area contributed by atoms with Crippen LogP contribution in [0.1, 0.15) is 12.8 Å². The number of amides is 1. The van der Waals surface area contributed by atoms with Gasteiger partial charge < -0.3 is 14.8 Å². The van der Waals surface area contributed by atoms with Gasteiger partial charge in [0.05, 0.1) is 11.8 Å². The molecule has 1 saturated heterocycles. The minimum atomic E-state index is -0.273. The number of ether oxygens (including phenoxy) is 2. The van der Waals surface area contributed by atoms with E-state index < -0.39 is 0 Å². The summed E-state index contributed by atoms with van der Waals surface area (Å²) in [5, 5.41) is 2.99. The molecule has 32 heavy (non-hydrogen) atoms. The molecule has 0 unspecified atom stereocenters. The number of esters is 1. The predicted molar refractivity (Wildman–Crippen MR) is 120 cm³/mol. The van der Waals surface area contributed by atoms with Crippen LogP contribution in [0.4, 0.5) is 5.69 Å². The van der Waals surface area contributed by atoms with E-state index in [9.17, 15) is 9.59 Å². The van der Waals surface area contributed by atoms with Crippen molar-refractivity contribution in [1.82, 2.24) is 0 Å². The molecule has 3 fully saturated rings. The summed E-state index contributed by atoms with van der Waals surface area (Å²) < 4.78 is 11.4. The van der Waals surface area contributed by atoms with E-state index in [0.717, 1.165) is 29.7 Å². The zero-order valence-corrected chi connectivity index (χ0v) is 17.4. The molecule has 0 radical (unpaired) electrons. The lowest BCUT2D eigenvalue weighted by molar-refractivity contribution is -0.145. The highest BCUT2D eigenvalue weighted by Crippen LogP contribution is 2.57. The van der Waals surface area contributed by atoms with Gasteiger partial charge in [-0.3, -0.25) is 9.59 Å². The minimum absolute atomic E-state index is 0.0414. The monoisotopic (exact) mass is 425 g/mol. The van der Waals surface area contributed by atoms with Crippen molar-refractivity contribution in [2.45, 2.75) is 18.9 Å². The maximum atomic E-state index is 12.9. The van der Waals surface area contributed by atoms with E-state index in [0.29, 0.717) is 11.4 Å². The van der Waals surface area contributed by atoms with Gasteiger partial charge in [-0.1, -0.05) is 42.5 Å². The fourth-order valence-corrected chi connectivity index (χ4v) is 5.68. The number of carbonyl (C=O) groups excluding carboxylic acids is 2. The quantitative estimate of drug-likeness (QED) is 0.565.